The molecule has 0 fully saturated rings. The summed E-state index contributed by atoms with van der Waals surface area (Å²) in [5.41, 5.74) is 3.05. The highest BCUT2D eigenvalue weighted by Crippen LogP contribution is 2.39. The van der Waals surface area contributed by atoms with Gasteiger partial charge in [0.2, 0.25) is 0 Å². The second kappa shape index (κ2) is 7.65. The number of nitrogens with zero attached hydrogens (tertiary/aromatic N) is 2. The molecule has 0 bridgehead atoms. The van der Waals surface area contributed by atoms with Gasteiger partial charge in [0.05, 0.1) is 35.7 Å². The van der Waals surface area contributed by atoms with Gasteiger partial charge in [-0.25, -0.2) is 9.97 Å². The van der Waals surface area contributed by atoms with Gasteiger partial charge in [-0.15, -0.1) is 22.7 Å². The van der Waals surface area contributed by atoms with E-state index >= 15 is 0 Å². The fourth-order valence-corrected chi connectivity index (χ4v) is 5.51. The van der Waals surface area contributed by atoms with Crippen LogP contribution in [-0.4, -0.2) is 24.2 Å². The summed E-state index contributed by atoms with van der Waals surface area (Å²) in [5, 5.41) is 3.02. The van der Waals surface area contributed by atoms with Gasteiger partial charge in [-0.1, -0.05) is 30.0 Å². The van der Waals surface area contributed by atoms with Crippen molar-refractivity contribution in [1.29, 1.82) is 0 Å². The number of para-hydroxylation sites is 2. The first kappa shape index (κ1) is 17.3. The fourth-order valence-electron chi connectivity index (χ4n) is 2.60. The average molecular weight is 401 g/mol. The van der Waals surface area contributed by atoms with Gasteiger partial charge in [0, 0.05) is 11.1 Å². The van der Waals surface area contributed by atoms with Crippen LogP contribution >= 0.6 is 34.4 Å². The summed E-state index contributed by atoms with van der Waals surface area (Å²) in [6.45, 7) is 0. The van der Waals surface area contributed by atoms with Crippen LogP contribution in [0, 0.1) is 0 Å². The van der Waals surface area contributed by atoms with Gasteiger partial charge in [-0.2, -0.15) is 0 Å². The molecule has 0 spiro atoms. The van der Waals surface area contributed by atoms with Gasteiger partial charge in [-0.3, -0.25) is 0 Å². The SMILES string of the molecule is COc1cccc(-c2nc(CSc3nc4ccccc4s3)cs2)c1OC. The summed E-state index contributed by atoms with van der Waals surface area (Å²) < 4.78 is 13.2. The molecule has 26 heavy (non-hydrogen) atoms. The third-order valence-electron chi connectivity index (χ3n) is 3.80. The summed E-state index contributed by atoms with van der Waals surface area (Å²) in [4.78, 5) is 9.44. The van der Waals surface area contributed by atoms with E-state index in [1.54, 1.807) is 48.7 Å². The highest BCUT2D eigenvalue weighted by atomic mass is 32.2. The molecular formula is C19H16N2O2S3. The van der Waals surface area contributed by atoms with Crippen molar-refractivity contribution in [2.24, 2.45) is 0 Å². The van der Waals surface area contributed by atoms with Crippen LogP contribution in [0.5, 0.6) is 11.5 Å². The van der Waals surface area contributed by atoms with E-state index in [-0.39, 0.29) is 0 Å². The first-order valence-corrected chi connectivity index (χ1v) is 10.6. The smallest absolute Gasteiger partial charge is 0.170 e. The zero-order valence-electron chi connectivity index (χ0n) is 14.3. The Hall–Kier alpha value is -2.09. The van der Waals surface area contributed by atoms with Crippen LogP contribution in [0.15, 0.2) is 52.2 Å². The van der Waals surface area contributed by atoms with Crippen LogP contribution < -0.4 is 9.47 Å². The lowest BCUT2D eigenvalue weighted by Gasteiger charge is -2.10. The molecule has 132 valence electrons. The molecule has 4 rings (SSSR count). The Morgan fingerprint density at radius 1 is 1.00 bits per heavy atom. The number of rotatable bonds is 6. The van der Waals surface area contributed by atoms with Gasteiger partial charge >= 0.3 is 0 Å². The van der Waals surface area contributed by atoms with Crippen molar-refractivity contribution in [1.82, 2.24) is 9.97 Å². The Bertz CT molecular complexity index is 1010. The van der Waals surface area contributed by atoms with Crippen molar-refractivity contribution in [3.63, 3.8) is 0 Å². The van der Waals surface area contributed by atoms with Crippen LogP contribution in [-0.2, 0) is 5.75 Å². The highest BCUT2D eigenvalue weighted by molar-refractivity contribution is 8.00. The quantitative estimate of drug-likeness (QED) is 0.387. The maximum Gasteiger partial charge on any atom is 0.170 e. The maximum atomic E-state index is 5.52. The Kier molecular flexibility index (Phi) is 5.10. The van der Waals surface area contributed by atoms with Crippen LogP contribution in [0.2, 0.25) is 0 Å². The lowest BCUT2D eigenvalue weighted by molar-refractivity contribution is 0.356. The number of ether oxygens (including phenoxy) is 2. The molecule has 0 atom stereocenters. The molecule has 2 aromatic heterocycles. The predicted octanol–water partition coefficient (Wildman–Crippen LogP) is 5.73. The third kappa shape index (κ3) is 3.42. The van der Waals surface area contributed by atoms with Gasteiger partial charge in [0.15, 0.2) is 15.8 Å². The van der Waals surface area contributed by atoms with Crippen LogP contribution in [0.25, 0.3) is 20.8 Å². The highest BCUT2D eigenvalue weighted by Gasteiger charge is 2.15. The van der Waals surface area contributed by atoms with E-state index in [0.29, 0.717) is 5.75 Å². The first-order chi connectivity index (χ1) is 12.8. The number of aromatic nitrogens is 2. The summed E-state index contributed by atoms with van der Waals surface area (Å²) in [5.74, 6) is 2.23. The zero-order valence-corrected chi connectivity index (χ0v) is 16.7. The van der Waals surface area contributed by atoms with Crippen molar-refractivity contribution in [2.45, 2.75) is 10.1 Å². The molecule has 4 aromatic rings. The Morgan fingerprint density at radius 2 is 1.88 bits per heavy atom. The minimum Gasteiger partial charge on any atom is -0.493 e. The Labute approximate surface area is 163 Å². The minimum absolute atomic E-state index is 0.714. The van der Waals surface area contributed by atoms with Crippen molar-refractivity contribution >= 4 is 44.7 Å². The summed E-state index contributed by atoms with van der Waals surface area (Å²) in [6, 6.07) is 14.1. The number of fused-ring (bicyclic) bond motifs is 1. The number of hydrogen-bond donors (Lipinski definition) is 0. The molecule has 0 radical (unpaired) electrons. The largest absolute Gasteiger partial charge is 0.493 e. The molecular weight excluding hydrogens is 384 g/mol. The number of benzene rings is 2. The van der Waals surface area contributed by atoms with Crippen molar-refractivity contribution in [3.8, 4) is 22.1 Å². The average Bonchev–Trinajstić information content (AvgIpc) is 3.32. The van der Waals surface area contributed by atoms with E-state index in [4.69, 9.17) is 14.5 Å². The number of thiazole rings is 2. The monoisotopic (exact) mass is 400 g/mol. The van der Waals surface area contributed by atoms with Crippen molar-refractivity contribution in [2.75, 3.05) is 14.2 Å². The molecule has 0 saturated heterocycles. The molecule has 4 nitrogen and oxygen atoms in total. The zero-order chi connectivity index (χ0) is 17.9. The molecule has 0 amide bonds. The van der Waals surface area contributed by atoms with E-state index in [2.05, 4.69) is 16.4 Å². The van der Waals surface area contributed by atoms with E-state index in [9.17, 15) is 0 Å². The second-order valence-corrected chi connectivity index (χ2v) is 8.53. The third-order valence-corrected chi connectivity index (χ3v) is 6.94. The van der Waals surface area contributed by atoms with Gasteiger partial charge in [0.1, 0.15) is 5.01 Å². The van der Waals surface area contributed by atoms with E-state index in [1.165, 1.54) is 4.70 Å². The van der Waals surface area contributed by atoms with Crippen LogP contribution in [0.1, 0.15) is 5.69 Å². The first-order valence-electron chi connectivity index (χ1n) is 7.92. The number of hydrogen-bond acceptors (Lipinski definition) is 7. The Balaban J connectivity index is 1.53. The standard InChI is InChI=1S/C19H16N2O2S3/c1-22-15-8-5-6-13(17(15)23-2)18-20-12(10-24-18)11-25-19-21-14-7-3-4-9-16(14)26-19/h3-10H,11H2,1-2H3. The van der Waals surface area contributed by atoms with Crippen molar-refractivity contribution in [3.05, 3.63) is 53.5 Å². The Morgan fingerprint density at radius 3 is 2.69 bits per heavy atom. The van der Waals surface area contributed by atoms with Gasteiger partial charge in [0.25, 0.3) is 0 Å². The van der Waals surface area contributed by atoms with E-state index < -0.39 is 0 Å². The van der Waals surface area contributed by atoms with Crippen LogP contribution in [0.4, 0.5) is 0 Å². The second-order valence-electron chi connectivity index (χ2n) is 5.42. The molecule has 0 saturated carbocycles. The molecule has 7 heteroatoms. The topological polar surface area (TPSA) is 44.2 Å². The molecule has 2 heterocycles. The molecule has 0 aliphatic rings. The molecule has 0 aliphatic carbocycles. The lowest BCUT2D eigenvalue weighted by Crippen LogP contribution is -1.93. The minimum atomic E-state index is 0.714. The summed E-state index contributed by atoms with van der Waals surface area (Å²) in [6.07, 6.45) is 0. The van der Waals surface area contributed by atoms with Gasteiger partial charge < -0.3 is 9.47 Å². The maximum absolute atomic E-state index is 5.52. The molecule has 0 unspecified atom stereocenters. The number of methoxy groups -OCH3 is 2. The summed E-state index contributed by atoms with van der Waals surface area (Å²) in [7, 11) is 3.29. The summed E-state index contributed by atoms with van der Waals surface area (Å²) >= 11 is 5.06. The molecule has 0 N–H and O–H groups in total. The molecule has 2 aromatic carbocycles. The lowest BCUT2D eigenvalue weighted by atomic mass is 10.2. The van der Waals surface area contributed by atoms with E-state index in [1.807, 2.05) is 36.4 Å². The van der Waals surface area contributed by atoms with Crippen molar-refractivity contribution < 1.29 is 9.47 Å². The van der Waals surface area contributed by atoms with E-state index in [0.717, 1.165) is 37.6 Å². The van der Waals surface area contributed by atoms with Crippen LogP contribution in [0.3, 0.4) is 0 Å². The molecule has 0 aliphatic heterocycles. The predicted molar refractivity (Wildman–Crippen MR) is 110 cm³/mol. The van der Waals surface area contributed by atoms with Gasteiger partial charge in [-0.05, 0) is 24.3 Å². The fraction of sp³-hybridized carbons (Fsp3) is 0.158. The normalized spacial score (nSPS) is 11.0. The number of thioether (sulfide) groups is 1.